The van der Waals surface area contributed by atoms with Crippen LogP contribution in [0.1, 0.15) is 39.9 Å². The Hall–Kier alpha value is -3.62. The van der Waals surface area contributed by atoms with E-state index in [-0.39, 0.29) is 18.2 Å². The van der Waals surface area contributed by atoms with E-state index in [0.29, 0.717) is 29.0 Å². The lowest BCUT2D eigenvalue weighted by atomic mass is 9.94. The first-order valence-corrected chi connectivity index (χ1v) is 8.79. The van der Waals surface area contributed by atoms with Gasteiger partial charge in [-0.2, -0.15) is 5.10 Å². The molecule has 1 fully saturated rings. The Bertz CT molecular complexity index is 1020. The number of carbonyl (C=O) groups is 2. The number of rotatable bonds is 5. The SMILES string of the molecule is Cc1noc(C)c1Cc1n[nH]cc1C(c1cccc(O)c1)N1C(=O)CNC1=O. The quantitative estimate of drug-likeness (QED) is 0.580. The number of benzene rings is 1. The molecule has 0 saturated carbocycles. The van der Waals surface area contributed by atoms with Crippen molar-refractivity contribution in [3.8, 4) is 5.75 Å². The van der Waals surface area contributed by atoms with Gasteiger partial charge in [-0.25, -0.2) is 4.79 Å². The van der Waals surface area contributed by atoms with Gasteiger partial charge >= 0.3 is 6.03 Å². The molecular weight excluding hydrogens is 362 g/mol. The van der Waals surface area contributed by atoms with E-state index in [0.717, 1.165) is 16.2 Å². The Labute approximate surface area is 160 Å². The van der Waals surface area contributed by atoms with Gasteiger partial charge in [0.15, 0.2) is 0 Å². The zero-order valence-electron chi connectivity index (χ0n) is 15.4. The van der Waals surface area contributed by atoms with E-state index < -0.39 is 12.1 Å². The first-order valence-electron chi connectivity index (χ1n) is 8.79. The van der Waals surface area contributed by atoms with Gasteiger partial charge in [0.05, 0.1) is 24.0 Å². The van der Waals surface area contributed by atoms with Crippen molar-refractivity contribution >= 4 is 11.9 Å². The number of imide groups is 1. The van der Waals surface area contributed by atoms with Gasteiger partial charge in [-0.05, 0) is 31.5 Å². The van der Waals surface area contributed by atoms with Crippen molar-refractivity contribution in [3.63, 3.8) is 0 Å². The van der Waals surface area contributed by atoms with Gasteiger partial charge in [-0.1, -0.05) is 17.3 Å². The summed E-state index contributed by atoms with van der Waals surface area (Å²) in [4.78, 5) is 26.0. The maximum atomic E-state index is 12.4. The van der Waals surface area contributed by atoms with Crippen LogP contribution < -0.4 is 5.32 Å². The standard InChI is InChI=1S/C19H19N5O4/c1-10-14(11(2)28-23-10)7-16-15(8-21-22-16)18(12-4-3-5-13(25)6-12)24-17(26)9-20-19(24)27/h3-6,8,18,25H,7,9H2,1-2H3,(H,20,27)(H,21,22). The molecule has 9 heteroatoms. The molecule has 2 aromatic heterocycles. The van der Waals surface area contributed by atoms with Crippen LogP contribution in [-0.4, -0.2) is 43.8 Å². The number of carbonyl (C=O) groups excluding carboxylic acids is 2. The highest BCUT2D eigenvalue weighted by Gasteiger charge is 2.38. The van der Waals surface area contributed by atoms with Crippen LogP contribution in [0, 0.1) is 13.8 Å². The van der Waals surface area contributed by atoms with Gasteiger partial charge in [0.25, 0.3) is 5.91 Å². The second-order valence-electron chi connectivity index (χ2n) is 6.69. The minimum absolute atomic E-state index is 0.0466. The van der Waals surface area contributed by atoms with E-state index in [1.807, 2.05) is 13.8 Å². The van der Waals surface area contributed by atoms with E-state index in [2.05, 4.69) is 20.7 Å². The monoisotopic (exact) mass is 381 g/mol. The highest BCUT2D eigenvalue weighted by atomic mass is 16.5. The minimum Gasteiger partial charge on any atom is -0.508 e. The van der Waals surface area contributed by atoms with Crippen molar-refractivity contribution in [3.05, 3.63) is 64.3 Å². The third-order valence-electron chi connectivity index (χ3n) is 4.90. The molecule has 3 aromatic rings. The molecule has 1 aliphatic rings. The molecule has 3 amide bonds. The number of urea groups is 1. The number of nitrogens with zero attached hydrogens (tertiary/aromatic N) is 3. The Morgan fingerprint density at radius 1 is 1.32 bits per heavy atom. The van der Waals surface area contributed by atoms with Crippen LogP contribution in [-0.2, 0) is 11.2 Å². The number of hydrogen-bond acceptors (Lipinski definition) is 6. The summed E-state index contributed by atoms with van der Waals surface area (Å²) in [5.74, 6) is 0.392. The third-order valence-corrected chi connectivity index (χ3v) is 4.90. The normalized spacial score (nSPS) is 15.1. The summed E-state index contributed by atoms with van der Waals surface area (Å²) >= 11 is 0. The molecule has 1 aromatic carbocycles. The van der Waals surface area contributed by atoms with Crippen LogP contribution in [0.25, 0.3) is 0 Å². The van der Waals surface area contributed by atoms with Gasteiger partial charge in [-0.3, -0.25) is 14.8 Å². The Balaban J connectivity index is 1.81. The molecule has 1 unspecified atom stereocenters. The second kappa shape index (κ2) is 6.84. The first-order chi connectivity index (χ1) is 13.5. The van der Waals surface area contributed by atoms with Crippen molar-refractivity contribution in [1.29, 1.82) is 0 Å². The van der Waals surface area contributed by atoms with E-state index in [4.69, 9.17) is 4.52 Å². The fourth-order valence-corrected chi connectivity index (χ4v) is 3.49. The van der Waals surface area contributed by atoms with Crippen molar-refractivity contribution in [2.24, 2.45) is 0 Å². The summed E-state index contributed by atoms with van der Waals surface area (Å²) in [6.45, 7) is 3.61. The van der Waals surface area contributed by atoms with E-state index in [9.17, 15) is 14.7 Å². The fourth-order valence-electron chi connectivity index (χ4n) is 3.49. The number of aryl methyl sites for hydroxylation is 2. The first kappa shape index (κ1) is 17.8. The Morgan fingerprint density at radius 2 is 2.14 bits per heavy atom. The van der Waals surface area contributed by atoms with Gasteiger partial charge in [0.2, 0.25) is 0 Å². The van der Waals surface area contributed by atoms with Crippen molar-refractivity contribution < 1.29 is 19.2 Å². The number of phenols is 1. The molecular formula is C19H19N5O4. The number of amides is 3. The summed E-state index contributed by atoms with van der Waals surface area (Å²) in [5, 5.41) is 23.6. The zero-order chi connectivity index (χ0) is 19.8. The van der Waals surface area contributed by atoms with Gasteiger partial charge < -0.3 is 14.9 Å². The molecule has 1 atom stereocenters. The highest BCUT2D eigenvalue weighted by molar-refractivity contribution is 6.02. The van der Waals surface area contributed by atoms with Gasteiger partial charge in [0.1, 0.15) is 11.5 Å². The molecule has 0 aliphatic carbocycles. The molecule has 28 heavy (non-hydrogen) atoms. The number of aromatic hydroxyl groups is 1. The van der Waals surface area contributed by atoms with Gasteiger partial charge in [0, 0.05) is 23.7 Å². The smallest absolute Gasteiger partial charge is 0.325 e. The van der Waals surface area contributed by atoms with E-state index in [1.54, 1.807) is 18.3 Å². The lowest BCUT2D eigenvalue weighted by molar-refractivity contribution is -0.126. The van der Waals surface area contributed by atoms with Crippen LogP contribution >= 0.6 is 0 Å². The largest absolute Gasteiger partial charge is 0.508 e. The summed E-state index contributed by atoms with van der Waals surface area (Å²) in [5.41, 5.74) is 3.59. The molecule has 4 rings (SSSR count). The van der Waals surface area contributed by atoms with E-state index in [1.165, 1.54) is 12.1 Å². The third kappa shape index (κ3) is 3.00. The summed E-state index contributed by atoms with van der Waals surface area (Å²) in [7, 11) is 0. The zero-order valence-corrected chi connectivity index (χ0v) is 15.4. The average molecular weight is 381 g/mol. The summed E-state index contributed by atoms with van der Waals surface area (Å²) in [6.07, 6.45) is 2.10. The van der Waals surface area contributed by atoms with Gasteiger partial charge in [-0.15, -0.1) is 0 Å². The highest BCUT2D eigenvalue weighted by Crippen LogP contribution is 2.34. The van der Waals surface area contributed by atoms with Crippen LogP contribution in [0.4, 0.5) is 4.79 Å². The number of phenolic OH excluding ortho intramolecular Hbond substituents is 1. The van der Waals surface area contributed by atoms with Crippen molar-refractivity contribution in [2.75, 3.05) is 6.54 Å². The number of H-pyrrole nitrogens is 1. The van der Waals surface area contributed by atoms with Crippen LogP contribution in [0.3, 0.4) is 0 Å². The number of hydrogen-bond donors (Lipinski definition) is 3. The molecule has 3 N–H and O–H groups in total. The topological polar surface area (TPSA) is 124 Å². The van der Waals surface area contributed by atoms with Crippen LogP contribution in [0.5, 0.6) is 5.75 Å². The minimum atomic E-state index is -0.726. The predicted octanol–water partition coefficient (Wildman–Crippen LogP) is 1.95. The molecule has 0 bridgehead atoms. The average Bonchev–Trinajstić information content (AvgIpc) is 3.34. The van der Waals surface area contributed by atoms with E-state index >= 15 is 0 Å². The molecule has 144 valence electrons. The Kier molecular flexibility index (Phi) is 4.34. The van der Waals surface area contributed by atoms with Crippen LogP contribution in [0.2, 0.25) is 0 Å². The Morgan fingerprint density at radius 3 is 2.79 bits per heavy atom. The predicted molar refractivity (Wildman–Crippen MR) is 97.6 cm³/mol. The molecule has 9 nitrogen and oxygen atoms in total. The summed E-state index contributed by atoms with van der Waals surface area (Å²) < 4.78 is 5.23. The molecule has 0 radical (unpaired) electrons. The maximum absolute atomic E-state index is 12.4. The molecule has 1 saturated heterocycles. The lowest BCUT2D eigenvalue weighted by Crippen LogP contribution is -2.36. The molecule has 1 aliphatic heterocycles. The number of nitrogens with one attached hydrogen (secondary N) is 2. The van der Waals surface area contributed by atoms with Crippen molar-refractivity contribution in [2.45, 2.75) is 26.3 Å². The maximum Gasteiger partial charge on any atom is 0.325 e. The lowest BCUT2D eigenvalue weighted by Gasteiger charge is -2.26. The van der Waals surface area contributed by atoms with Crippen LogP contribution in [0.15, 0.2) is 35.0 Å². The second-order valence-corrected chi connectivity index (χ2v) is 6.69. The molecule has 3 heterocycles. The number of aromatic amines is 1. The fraction of sp³-hybridized carbons (Fsp3) is 0.263. The van der Waals surface area contributed by atoms with Crippen molar-refractivity contribution in [1.82, 2.24) is 25.6 Å². The summed E-state index contributed by atoms with van der Waals surface area (Å²) in [6, 6.07) is 5.29. The number of aromatic nitrogens is 3. The molecule has 0 spiro atoms.